The fraction of sp³-hybridized carbons (Fsp3) is 0.103. The summed E-state index contributed by atoms with van der Waals surface area (Å²) in [5.74, 6) is -0.741. The summed E-state index contributed by atoms with van der Waals surface area (Å²) >= 11 is 0. The standard InChI is InChI=1S/C29H24O5/c1-16-10-19(14-21-12-17-6-2-4-8-23(17)28(33)26(21)31)25(30)20(11-16)15-22-13-18-7-3-5-9-24(18)29(34)27(22)32/h2-13,30-34H,14-15H2,1H3. The molecule has 0 atom stereocenters. The fourth-order valence-electron chi connectivity index (χ4n) is 4.63. The minimum atomic E-state index is -0.210. The van der Waals surface area contributed by atoms with Crippen molar-refractivity contribution in [3.63, 3.8) is 0 Å². The molecular formula is C29H24O5. The molecule has 0 fully saturated rings. The van der Waals surface area contributed by atoms with Crippen LogP contribution in [-0.4, -0.2) is 25.5 Å². The molecule has 5 rings (SSSR count). The Morgan fingerprint density at radius 2 is 0.853 bits per heavy atom. The summed E-state index contributed by atoms with van der Waals surface area (Å²) in [4.78, 5) is 0. The zero-order valence-electron chi connectivity index (χ0n) is 18.6. The van der Waals surface area contributed by atoms with E-state index in [9.17, 15) is 25.5 Å². The molecule has 0 unspecified atom stereocenters. The highest BCUT2D eigenvalue weighted by Gasteiger charge is 2.18. The number of phenolic OH excluding ortho intramolecular Hbond substituents is 5. The normalized spacial score (nSPS) is 11.3. The van der Waals surface area contributed by atoms with Crippen molar-refractivity contribution >= 4 is 21.5 Å². The first-order valence-corrected chi connectivity index (χ1v) is 11.0. The van der Waals surface area contributed by atoms with Crippen molar-refractivity contribution in [1.29, 1.82) is 0 Å². The number of hydrogen-bond acceptors (Lipinski definition) is 5. The second-order valence-electron chi connectivity index (χ2n) is 8.69. The SMILES string of the molecule is Cc1cc(Cc2cc3ccccc3c(O)c2O)c(O)c(Cc2cc3ccccc3c(O)c2O)c1. The van der Waals surface area contributed by atoms with Gasteiger partial charge in [0.2, 0.25) is 0 Å². The van der Waals surface area contributed by atoms with Gasteiger partial charge in [-0.2, -0.15) is 0 Å². The molecular weight excluding hydrogens is 428 g/mol. The van der Waals surface area contributed by atoms with Crippen LogP contribution in [-0.2, 0) is 12.8 Å². The molecule has 5 heteroatoms. The van der Waals surface area contributed by atoms with E-state index in [0.717, 1.165) is 16.3 Å². The van der Waals surface area contributed by atoms with Crippen LogP contribution >= 0.6 is 0 Å². The first kappa shape index (κ1) is 21.5. The van der Waals surface area contributed by atoms with Crippen molar-refractivity contribution in [2.75, 3.05) is 0 Å². The minimum absolute atomic E-state index is 0.0460. The summed E-state index contributed by atoms with van der Waals surface area (Å²) in [5, 5.41) is 55.9. The van der Waals surface area contributed by atoms with E-state index in [1.54, 1.807) is 36.4 Å². The average molecular weight is 453 g/mol. The van der Waals surface area contributed by atoms with E-state index >= 15 is 0 Å². The number of fused-ring (bicyclic) bond motifs is 2. The first-order valence-electron chi connectivity index (χ1n) is 11.0. The fourth-order valence-corrected chi connectivity index (χ4v) is 4.63. The molecule has 0 saturated carbocycles. The van der Waals surface area contributed by atoms with Gasteiger partial charge in [0.15, 0.2) is 23.0 Å². The predicted molar refractivity (Wildman–Crippen MR) is 133 cm³/mol. The maximum atomic E-state index is 11.1. The van der Waals surface area contributed by atoms with Gasteiger partial charge >= 0.3 is 0 Å². The second kappa shape index (κ2) is 8.19. The van der Waals surface area contributed by atoms with Gasteiger partial charge in [-0.25, -0.2) is 0 Å². The number of phenols is 5. The Morgan fingerprint density at radius 1 is 0.471 bits per heavy atom. The van der Waals surface area contributed by atoms with Crippen molar-refractivity contribution in [2.24, 2.45) is 0 Å². The lowest BCUT2D eigenvalue weighted by Gasteiger charge is -2.15. The van der Waals surface area contributed by atoms with Gasteiger partial charge in [-0.3, -0.25) is 0 Å². The first-order chi connectivity index (χ1) is 16.3. The number of aryl methyl sites for hydroxylation is 1. The van der Waals surface area contributed by atoms with Gasteiger partial charge in [-0.15, -0.1) is 0 Å². The number of hydrogen-bond donors (Lipinski definition) is 5. The van der Waals surface area contributed by atoms with Crippen LogP contribution in [0.25, 0.3) is 21.5 Å². The quantitative estimate of drug-likeness (QED) is 0.215. The van der Waals surface area contributed by atoms with Crippen LogP contribution in [0.2, 0.25) is 0 Å². The molecule has 0 heterocycles. The maximum Gasteiger partial charge on any atom is 0.165 e. The molecule has 5 aromatic carbocycles. The van der Waals surface area contributed by atoms with Crippen LogP contribution in [0, 0.1) is 6.92 Å². The molecule has 0 bridgehead atoms. The maximum absolute atomic E-state index is 11.1. The van der Waals surface area contributed by atoms with Crippen molar-refractivity contribution < 1.29 is 25.5 Å². The van der Waals surface area contributed by atoms with E-state index in [1.165, 1.54) is 0 Å². The van der Waals surface area contributed by atoms with E-state index in [4.69, 9.17) is 0 Å². The Balaban J connectivity index is 1.56. The monoisotopic (exact) mass is 452 g/mol. The molecule has 0 amide bonds. The Bertz CT molecular complexity index is 1450. The Hall–Kier alpha value is -4.38. The predicted octanol–water partition coefficient (Wildman–Crippen LogP) is 6.01. The topological polar surface area (TPSA) is 101 Å². The molecule has 5 N–H and O–H groups in total. The van der Waals surface area contributed by atoms with Crippen LogP contribution in [0.4, 0.5) is 0 Å². The van der Waals surface area contributed by atoms with E-state index in [2.05, 4.69) is 0 Å². The van der Waals surface area contributed by atoms with Crippen LogP contribution in [0.15, 0.2) is 72.8 Å². The molecule has 5 aromatic rings. The molecule has 0 aromatic heterocycles. The third kappa shape index (κ3) is 3.61. The van der Waals surface area contributed by atoms with Crippen LogP contribution in [0.1, 0.15) is 27.8 Å². The van der Waals surface area contributed by atoms with Gasteiger partial charge in [-0.1, -0.05) is 66.2 Å². The van der Waals surface area contributed by atoms with Crippen molar-refractivity contribution in [1.82, 2.24) is 0 Å². The molecule has 0 aliphatic heterocycles. The Kier molecular flexibility index (Phi) is 5.17. The number of rotatable bonds is 4. The second-order valence-corrected chi connectivity index (χ2v) is 8.69. The van der Waals surface area contributed by atoms with Crippen molar-refractivity contribution in [2.45, 2.75) is 19.8 Å². The van der Waals surface area contributed by atoms with E-state index in [1.807, 2.05) is 43.3 Å². The van der Waals surface area contributed by atoms with Crippen LogP contribution < -0.4 is 0 Å². The number of aromatic hydroxyl groups is 5. The molecule has 0 spiro atoms. The highest BCUT2D eigenvalue weighted by atomic mass is 16.3. The Labute approximate surface area is 196 Å². The van der Waals surface area contributed by atoms with Crippen LogP contribution in [0.3, 0.4) is 0 Å². The molecule has 5 nitrogen and oxygen atoms in total. The van der Waals surface area contributed by atoms with Gasteiger partial charge in [0.25, 0.3) is 0 Å². The summed E-state index contributed by atoms with van der Waals surface area (Å²) < 4.78 is 0. The van der Waals surface area contributed by atoms with Gasteiger partial charge in [0.05, 0.1) is 0 Å². The summed E-state index contributed by atoms with van der Waals surface area (Å²) in [6, 6.07) is 21.8. The summed E-state index contributed by atoms with van der Waals surface area (Å²) in [6.45, 7) is 1.90. The minimum Gasteiger partial charge on any atom is -0.507 e. The highest BCUT2D eigenvalue weighted by molar-refractivity contribution is 5.92. The zero-order chi connectivity index (χ0) is 24.0. The zero-order valence-corrected chi connectivity index (χ0v) is 18.6. The van der Waals surface area contributed by atoms with Crippen molar-refractivity contribution in [3.8, 4) is 28.7 Å². The van der Waals surface area contributed by atoms with Crippen molar-refractivity contribution in [3.05, 3.63) is 101 Å². The van der Waals surface area contributed by atoms with Gasteiger partial charge in [0.1, 0.15) is 5.75 Å². The molecule has 0 radical (unpaired) electrons. The third-order valence-corrected chi connectivity index (χ3v) is 6.32. The summed E-state index contributed by atoms with van der Waals surface area (Å²) in [6.07, 6.45) is 0.416. The van der Waals surface area contributed by atoms with E-state index in [-0.39, 0.29) is 41.6 Å². The third-order valence-electron chi connectivity index (χ3n) is 6.32. The molecule has 34 heavy (non-hydrogen) atoms. The Morgan fingerprint density at radius 3 is 1.29 bits per heavy atom. The lowest BCUT2D eigenvalue weighted by Crippen LogP contribution is -1.98. The molecule has 0 aliphatic carbocycles. The van der Waals surface area contributed by atoms with Gasteiger partial charge < -0.3 is 25.5 Å². The summed E-state index contributed by atoms with van der Waals surface area (Å²) in [7, 11) is 0. The molecule has 0 aliphatic rings. The van der Waals surface area contributed by atoms with Crippen LogP contribution in [0.5, 0.6) is 28.7 Å². The molecule has 170 valence electrons. The average Bonchev–Trinajstić information content (AvgIpc) is 2.83. The highest BCUT2D eigenvalue weighted by Crippen LogP contribution is 2.41. The smallest absolute Gasteiger partial charge is 0.165 e. The lowest BCUT2D eigenvalue weighted by atomic mass is 9.93. The number of benzene rings is 5. The van der Waals surface area contributed by atoms with Gasteiger partial charge in [0, 0.05) is 34.7 Å². The van der Waals surface area contributed by atoms with Gasteiger partial charge in [-0.05, 0) is 41.0 Å². The largest absolute Gasteiger partial charge is 0.507 e. The summed E-state index contributed by atoms with van der Waals surface area (Å²) in [5.41, 5.74) is 3.06. The molecule has 0 saturated heterocycles. The lowest BCUT2D eigenvalue weighted by molar-refractivity contribution is 0.403. The van der Waals surface area contributed by atoms with E-state index < -0.39 is 0 Å². The van der Waals surface area contributed by atoms with E-state index in [0.29, 0.717) is 33.0 Å².